The van der Waals surface area contributed by atoms with Gasteiger partial charge in [0.25, 0.3) is 5.91 Å². The Morgan fingerprint density at radius 2 is 1.79 bits per heavy atom. The summed E-state index contributed by atoms with van der Waals surface area (Å²) in [6.07, 6.45) is 1.77. The van der Waals surface area contributed by atoms with Crippen LogP contribution < -0.4 is 14.8 Å². The number of ether oxygens (including phenoxy) is 2. The Labute approximate surface area is 223 Å². The fourth-order valence-electron chi connectivity index (χ4n) is 3.07. The van der Waals surface area contributed by atoms with Crippen molar-refractivity contribution in [3.05, 3.63) is 90.7 Å². The van der Waals surface area contributed by atoms with Crippen molar-refractivity contribution >= 4 is 78.1 Å². The third-order valence-corrected chi connectivity index (χ3v) is 6.95. The lowest BCUT2D eigenvalue weighted by atomic mass is 10.2. The zero-order valence-electron chi connectivity index (χ0n) is 18.0. The fourth-order valence-corrected chi connectivity index (χ4v) is 5.16. The highest BCUT2D eigenvalue weighted by Crippen LogP contribution is 2.37. The van der Waals surface area contributed by atoms with E-state index in [0.717, 1.165) is 27.0 Å². The molecule has 0 atom stereocenters. The predicted octanol–water partition coefficient (Wildman–Crippen LogP) is 7.73. The quantitative estimate of drug-likeness (QED) is 0.274. The van der Waals surface area contributed by atoms with Gasteiger partial charge in [0, 0.05) is 4.47 Å². The Morgan fingerprint density at radius 3 is 2.47 bits per heavy atom. The normalized spacial score (nSPS) is 15.6. The Balaban J connectivity index is 1.46. The summed E-state index contributed by atoms with van der Waals surface area (Å²) in [5, 5.41) is 3.76. The van der Waals surface area contributed by atoms with Gasteiger partial charge in [0.2, 0.25) is 0 Å². The van der Waals surface area contributed by atoms with E-state index in [-0.39, 0.29) is 5.91 Å². The SMILES string of the molecule is CCOc1ccc(N=C2NC(=O)/C(=C\c3cc(Cl)c(OCc4ccc(Br)cc4)c(Br)c3)S2)cc1. The molecule has 9 heteroatoms. The number of carbonyl (C=O) groups excluding carboxylic acids is 1. The highest BCUT2D eigenvalue weighted by molar-refractivity contribution is 9.10. The topological polar surface area (TPSA) is 59.9 Å². The van der Waals surface area contributed by atoms with Crippen molar-refractivity contribution in [2.75, 3.05) is 6.61 Å². The third-order valence-electron chi connectivity index (χ3n) is 4.64. The Hall–Kier alpha value is -2.26. The van der Waals surface area contributed by atoms with Gasteiger partial charge in [0.1, 0.15) is 12.4 Å². The maximum atomic E-state index is 12.5. The monoisotopic (exact) mass is 620 g/mol. The van der Waals surface area contributed by atoms with Crippen LogP contribution >= 0.6 is 55.2 Å². The molecule has 1 aliphatic heterocycles. The largest absolute Gasteiger partial charge is 0.494 e. The van der Waals surface area contributed by atoms with E-state index >= 15 is 0 Å². The first kappa shape index (κ1) is 24.9. The number of hydrogen-bond donors (Lipinski definition) is 1. The molecule has 1 fully saturated rings. The first-order chi connectivity index (χ1) is 16.4. The van der Waals surface area contributed by atoms with Crippen molar-refractivity contribution < 1.29 is 14.3 Å². The maximum absolute atomic E-state index is 12.5. The van der Waals surface area contributed by atoms with E-state index in [1.54, 1.807) is 12.1 Å². The second kappa shape index (κ2) is 11.4. The Kier molecular flexibility index (Phi) is 8.37. The molecule has 34 heavy (non-hydrogen) atoms. The van der Waals surface area contributed by atoms with Crippen LogP contribution in [0.25, 0.3) is 6.08 Å². The minimum Gasteiger partial charge on any atom is -0.494 e. The molecule has 1 heterocycles. The first-order valence-electron chi connectivity index (χ1n) is 10.3. The van der Waals surface area contributed by atoms with Crippen molar-refractivity contribution in [3.8, 4) is 11.5 Å². The van der Waals surface area contributed by atoms with Crippen LogP contribution in [-0.2, 0) is 11.4 Å². The van der Waals surface area contributed by atoms with Gasteiger partial charge in [-0.3, -0.25) is 4.79 Å². The van der Waals surface area contributed by atoms with E-state index in [1.807, 2.05) is 61.5 Å². The van der Waals surface area contributed by atoms with E-state index < -0.39 is 0 Å². The zero-order chi connectivity index (χ0) is 24.1. The van der Waals surface area contributed by atoms with Gasteiger partial charge in [-0.1, -0.05) is 39.7 Å². The molecule has 1 amide bonds. The average molecular weight is 623 g/mol. The summed E-state index contributed by atoms with van der Waals surface area (Å²) in [5.74, 6) is 1.12. The molecule has 0 saturated carbocycles. The van der Waals surface area contributed by atoms with Crippen LogP contribution in [0.15, 0.2) is 79.5 Å². The number of thioether (sulfide) groups is 1. The standard InChI is InChI=1S/C25H19Br2ClN2O3S/c1-2-32-19-9-7-18(8-10-19)29-25-30-24(31)22(34-25)13-16-11-20(27)23(21(28)12-16)33-14-15-3-5-17(26)6-4-15/h3-13H,2,14H2,1H3,(H,29,30,31)/b22-13+. The molecule has 0 aromatic heterocycles. The van der Waals surface area contributed by atoms with E-state index in [1.165, 1.54) is 11.8 Å². The second-order valence-corrected chi connectivity index (χ2v) is 10.3. The van der Waals surface area contributed by atoms with Gasteiger partial charge in [-0.2, -0.15) is 0 Å². The average Bonchev–Trinajstić information content (AvgIpc) is 3.14. The van der Waals surface area contributed by atoms with Crippen LogP contribution in [0.3, 0.4) is 0 Å². The van der Waals surface area contributed by atoms with Crippen LogP contribution in [0.5, 0.6) is 11.5 Å². The van der Waals surface area contributed by atoms with Gasteiger partial charge < -0.3 is 14.8 Å². The predicted molar refractivity (Wildman–Crippen MR) is 146 cm³/mol. The van der Waals surface area contributed by atoms with Crippen molar-refractivity contribution in [2.24, 2.45) is 4.99 Å². The highest BCUT2D eigenvalue weighted by atomic mass is 79.9. The van der Waals surface area contributed by atoms with E-state index in [0.29, 0.717) is 38.5 Å². The Bertz CT molecular complexity index is 1240. The minimum absolute atomic E-state index is 0.211. The number of amidine groups is 1. The van der Waals surface area contributed by atoms with Gasteiger partial charge in [0.05, 0.1) is 26.7 Å². The molecule has 0 unspecified atom stereocenters. The molecular formula is C25H19Br2ClN2O3S. The number of nitrogens with zero attached hydrogens (tertiary/aromatic N) is 1. The number of rotatable bonds is 7. The lowest BCUT2D eigenvalue weighted by molar-refractivity contribution is -0.115. The van der Waals surface area contributed by atoms with Crippen LogP contribution in [0, 0.1) is 0 Å². The summed E-state index contributed by atoms with van der Waals surface area (Å²) in [6.45, 7) is 2.92. The van der Waals surface area contributed by atoms with Crippen molar-refractivity contribution in [1.29, 1.82) is 0 Å². The molecule has 3 aromatic carbocycles. The number of halogens is 3. The molecule has 5 nitrogen and oxygen atoms in total. The smallest absolute Gasteiger partial charge is 0.264 e. The number of hydrogen-bond acceptors (Lipinski definition) is 5. The number of nitrogens with one attached hydrogen (secondary N) is 1. The summed E-state index contributed by atoms with van der Waals surface area (Å²) >= 11 is 14.7. The molecule has 0 radical (unpaired) electrons. The first-order valence-corrected chi connectivity index (χ1v) is 13.1. The molecule has 1 N–H and O–H groups in total. The molecule has 0 bridgehead atoms. The fraction of sp³-hybridized carbons (Fsp3) is 0.120. The van der Waals surface area contributed by atoms with Gasteiger partial charge in [0.15, 0.2) is 10.9 Å². The lowest BCUT2D eigenvalue weighted by Gasteiger charge is -2.11. The van der Waals surface area contributed by atoms with E-state index in [4.69, 9.17) is 21.1 Å². The van der Waals surface area contributed by atoms with Crippen molar-refractivity contribution in [3.63, 3.8) is 0 Å². The summed E-state index contributed by atoms with van der Waals surface area (Å²) in [4.78, 5) is 17.5. The van der Waals surface area contributed by atoms with E-state index in [9.17, 15) is 4.79 Å². The molecule has 174 valence electrons. The molecule has 4 rings (SSSR count). The molecule has 1 saturated heterocycles. The minimum atomic E-state index is -0.211. The number of amides is 1. The van der Waals surface area contributed by atoms with E-state index in [2.05, 4.69) is 42.2 Å². The number of carbonyl (C=O) groups is 1. The lowest BCUT2D eigenvalue weighted by Crippen LogP contribution is -2.19. The van der Waals surface area contributed by atoms with Crippen molar-refractivity contribution in [2.45, 2.75) is 13.5 Å². The van der Waals surface area contributed by atoms with Crippen molar-refractivity contribution in [1.82, 2.24) is 5.32 Å². The summed E-state index contributed by atoms with van der Waals surface area (Å²) in [5.41, 5.74) is 2.52. The molecule has 0 spiro atoms. The van der Waals surface area contributed by atoms with Crippen LogP contribution in [0.2, 0.25) is 5.02 Å². The highest BCUT2D eigenvalue weighted by Gasteiger charge is 2.24. The summed E-state index contributed by atoms with van der Waals surface area (Å²) < 4.78 is 13.1. The van der Waals surface area contributed by atoms with Crippen LogP contribution in [0.1, 0.15) is 18.1 Å². The maximum Gasteiger partial charge on any atom is 0.264 e. The van der Waals surface area contributed by atoms with Crippen LogP contribution in [-0.4, -0.2) is 17.7 Å². The number of aliphatic imine (C=N–C) groups is 1. The molecular weight excluding hydrogens is 604 g/mol. The summed E-state index contributed by atoms with van der Waals surface area (Å²) in [7, 11) is 0. The van der Waals surface area contributed by atoms with Gasteiger partial charge in [-0.25, -0.2) is 4.99 Å². The van der Waals surface area contributed by atoms with Gasteiger partial charge >= 0.3 is 0 Å². The molecule has 0 aliphatic carbocycles. The van der Waals surface area contributed by atoms with Crippen LogP contribution in [0.4, 0.5) is 5.69 Å². The summed E-state index contributed by atoms with van der Waals surface area (Å²) in [6, 6.07) is 18.9. The second-order valence-electron chi connectivity index (χ2n) is 7.14. The number of benzene rings is 3. The zero-order valence-corrected chi connectivity index (χ0v) is 22.7. The molecule has 3 aromatic rings. The third kappa shape index (κ3) is 6.44. The van der Waals surface area contributed by atoms with Gasteiger partial charge in [-0.05, 0) is 100 Å². The Morgan fingerprint density at radius 1 is 1.06 bits per heavy atom. The van der Waals surface area contributed by atoms with Gasteiger partial charge in [-0.15, -0.1) is 0 Å². The molecule has 1 aliphatic rings.